The molecule has 29 heavy (non-hydrogen) atoms. The van der Waals surface area contributed by atoms with Crippen LogP contribution in [0.5, 0.6) is 0 Å². The van der Waals surface area contributed by atoms with Gasteiger partial charge in [-0.2, -0.15) is 0 Å². The Hall–Kier alpha value is 4.26. The maximum absolute atomic E-state index is 8.61. The van der Waals surface area contributed by atoms with E-state index < -0.39 is 58.1 Å². The van der Waals surface area contributed by atoms with Crippen LogP contribution in [0.2, 0.25) is 0 Å². The molecule has 9 N–H and O–H groups in total. The van der Waals surface area contributed by atoms with Gasteiger partial charge in [0, 0.05) is 0 Å². The van der Waals surface area contributed by atoms with Crippen LogP contribution in [-0.4, -0.2) is 58.1 Å². The third kappa shape index (κ3) is 1630. The molecule has 0 aromatic rings. The van der Waals surface area contributed by atoms with Crippen LogP contribution >= 0.6 is 0 Å². The first-order chi connectivity index (χ1) is 8.00. The summed E-state index contributed by atoms with van der Waals surface area (Å²) >= 11 is -23.5. The first kappa shape index (κ1) is 84.3. The Kier molecular flexibility index (Phi) is 115. The van der Waals surface area contributed by atoms with Gasteiger partial charge in [-0.05, 0) is 0 Å². The van der Waals surface area contributed by atoms with Crippen molar-refractivity contribution < 1.29 is 174 Å². The molecule has 0 spiro atoms. The monoisotopic (exact) mass is 987 g/mol. The summed E-state index contributed by atoms with van der Waals surface area (Å²) in [6.45, 7) is 0. The van der Waals surface area contributed by atoms with E-state index in [1.165, 1.54) is 0 Å². The van der Waals surface area contributed by atoms with E-state index in [0.29, 0.717) is 0 Å². The van der Waals surface area contributed by atoms with Crippen molar-refractivity contribution in [3.8, 4) is 0 Å². The predicted octanol–water partition coefficient (Wildman–Crippen LogP) is -15.8. The first-order valence-electron chi connectivity index (χ1n) is 2.92. The summed E-state index contributed by atoms with van der Waals surface area (Å²) in [6.07, 6.45) is 0. The fraction of sp³-hybridized carbons (Fsp3) is 0. The Morgan fingerprint density at radius 2 is 0.310 bits per heavy atom. The molecule has 0 aliphatic carbocycles. The van der Waals surface area contributed by atoms with Crippen molar-refractivity contribution in [3.63, 3.8) is 0 Å². The zero-order valence-corrected chi connectivity index (χ0v) is 32.7. The first-order valence-corrected chi connectivity index (χ1v) is 15.2. The fourth-order valence-electron chi connectivity index (χ4n) is 0. The Morgan fingerprint density at radius 1 is 0.310 bits per heavy atom. The van der Waals surface area contributed by atoms with Gasteiger partial charge in [-0.1, -0.05) is 0 Å². The third-order valence-electron chi connectivity index (χ3n) is 0. The molecule has 0 bridgehead atoms. The van der Waals surface area contributed by atoms with Crippen molar-refractivity contribution in [2.75, 3.05) is 0 Å². The van der Waals surface area contributed by atoms with Crippen molar-refractivity contribution >= 4 is 58.1 Å². The van der Waals surface area contributed by atoms with Crippen molar-refractivity contribution in [1.82, 2.24) is 18.5 Å². The number of hydrogen-bond donors (Lipinski definition) is 3. The zero-order valence-electron chi connectivity index (χ0n) is 13.5. The van der Waals surface area contributed by atoms with Crippen LogP contribution in [0.15, 0.2) is 0 Å². The van der Waals surface area contributed by atoms with Crippen LogP contribution in [0, 0.1) is 0 Å². The molecule has 3 radical (unpaired) electrons. The van der Waals surface area contributed by atoms with Gasteiger partial charge in [-0.25, -0.2) is 0 Å². The molecule has 0 unspecified atom stereocenters. The smallest absolute Gasteiger partial charge is 2.00 e. The van der Waals surface area contributed by atoms with Gasteiger partial charge in [0.15, 0.2) is 0 Å². The molecule has 29 heteroatoms. The zero-order chi connectivity index (χ0) is 18.0. The molecular formula is H9As4Cu3N3O16Zn3. The Balaban J connectivity index is -0.00000000970. The molecule has 0 aliphatic heterocycles. The predicted molar refractivity (Wildman–Crippen MR) is 40.8 cm³/mol. The van der Waals surface area contributed by atoms with Crippen molar-refractivity contribution in [1.29, 1.82) is 0 Å². The maximum Gasteiger partial charge on any atom is 2.00 e. The molecule has 0 aromatic carbocycles. The van der Waals surface area contributed by atoms with E-state index in [0.717, 1.165) is 0 Å². The average molecular weight is 994 g/mol. The maximum atomic E-state index is 8.61. The largest absolute Gasteiger partial charge is 2.00 e. The molecule has 0 rings (SSSR count). The second-order valence-corrected chi connectivity index (χ2v) is 9.30. The Labute approximate surface area is 246 Å². The van der Waals surface area contributed by atoms with Crippen molar-refractivity contribution in [2.24, 2.45) is 0 Å². The third-order valence-corrected chi connectivity index (χ3v) is 0. The molecular weight excluding hydrogens is 985 g/mol. The van der Waals surface area contributed by atoms with E-state index in [1.54, 1.807) is 0 Å². The summed E-state index contributed by atoms with van der Waals surface area (Å²) in [6, 6.07) is 0. The Morgan fingerprint density at radius 3 is 0.310 bits per heavy atom. The number of hydrogen-bond acceptors (Lipinski definition) is 19. The molecule has 0 amide bonds. The minimum atomic E-state index is -5.88. The fourth-order valence-corrected chi connectivity index (χ4v) is 0. The summed E-state index contributed by atoms with van der Waals surface area (Å²) in [7, 11) is 0. The molecule has 0 heterocycles. The SMILES string of the molecule is N.N.N.O=[As]([O-])([O-])[O-].O=[As]([O-])([O-])[O-].O=[As]([O-])([O-])[O-].O=[As]([O-])([O-])[O-].[Cu+2].[Cu+2].[Cu+2].[Zn+2].[Zn+2].[Zn+2]. The van der Waals surface area contributed by atoms with E-state index >= 15 is 0 Å². The van der Waals surface area contributed by atoms with Gasteiger partial charge in [0.25, 0.3) is 0 Å². The van der Waals surface area contributed by atoms with Crippen molar-refractivity contribution in [2.45, 2.75) is 0 Å². The van der Waals surface area contributed by atoms with E-state index in [9.17, 15) is 0 Å². The van der Waals surface area contributed by atoms with Crippen LogP contribution in [-0.2, 0) is 125 Å². The summed E-state index contributed by atoms with van der Waals surface area (Å²) in [4.78, 5) is 0. The topological polar surface area (TPSA) is 450 Å². The molecule has 19 nitrogen and oxygen atoms in total. The van der Waals surface area contributed by atoms with E-state index in [2.05, 4.69) is 0 Å². The molecule has 0 aromatic heterocycles. The van der Waals surface area contributed by atoms with Crippen molar-refractivity contribution in [3.05, 3.63) is 0 Å². The van der Waals surface area contributed by atoms with Gasteiger partial charge in [0.05, 0.1) is 0 Å². The van der Waals surface area contributed by atoms with Gasteiger partial charge >= 0.3 is 232 Å². The van der Waals surface area contributed by atoms with Gasteiger partial charge in [0.2, 0.25) is 0 Å². The van der Waals surface area contributed by atoms with Crippen LogP contribution in [0.4, 0.5) is 0 Å². The van der Waals surface area contributed by atoms with Crippen LogP contribution < -0.4 is 67.6 Å². The summed E-state index contributed by atoms with van der Waals surface area (Å²) in [5.41, 5.74) is 0. The molecule has 0 aliphatic rings. The quantitative estimate of drug-likeness (QED) is 0.190. The molecule has 179 valence electrons. The number of rotatable bonds is 0. The van der Waals surface area contributed by atoms with Crippen LogP contribution in [0.3, 0.4) is 0 Å². The van der Waals surface area contributed by atoms with E-state index in [4.69, 9.17) is 64.1 Å². The van der Waals surface area contributed by atoms with Gasteiger partial charge in [0.1, 0.15) is 0 Å². The average Bonchev–Trinajstić information content (AvgIpc) is 1.62. The standard InChI is InChI=1S/4AsH3O4.3Cu.3H3N.3Zn/c4*2-1(3,4)5;;;;;;;;;/h4*(H3,2,3,4,5);;;;3*1H3;;;/q;;;;3*+2;;;;3*+2/p-12. The van der Waals surface area contributed by atoms with Gasteiger partial charge in [-0.3, -0.25) is 0 Å². The molecule has 0 atom stereocenters. The normalized spacial score (nSPS) is 8.14. The van der Waals surface area contributed by atoms with Crippen LogP contribution in [0.25, 0.3) is 0 Å². The minimum Gasteiger partial charge on any atom is 2.00 e. The second-order valence-electron chi connectivity index (χ2n) is 1.79. The molecule has 0 fully saturated rings. The summed E-state index contributed by atoms with van der Waals surface area (Å²) < 4.78 is 138. The van der Waals surface area contributed by atoms with Crippen LogP contribution in [0.1, 0.15) is 0 Å². The second kappa shape index (κ2) is 39.5. The van der Waals surface area contributed by atoms with E-state index in [-0.39, 0.29) is 128 Å². The Bertz CT molecular complexity index is 319. The van der Waals surface area contributed by atoms with E-state index in [1.807, 2.05) is 0 Å². The molecule has 0 saturated carbocycles. The van der Waals surface area contributed by atoms with Gasteiger partial charge < -0.3 is 18.5 Å². The van der Waals surface area contributed by atoms with Gasteiger partial charge in [-0.15, -0.1) is 0 Å². The molecule has 0 saturated heterocycles. The summed E-state index contributed by atoms with van der Waals surface area (Å²) in [5, 5.41) is 0. The minimum absolute atomic E-state index is 0. The summed E-state index contributed by atoms with van der Waals surface area (Å²) in [5.74, 6) is 0.